The Morgan fingerprint density at radius 3 is 2.83 bits per heavy atom. The first-order valence-electron chi connectivity index (χ1n) is 5.22. The van der Waals surface area contributed by atoms with Gasteiger partial charge in [-0.2, -0.15) is 4.98 Å². The lowest BCUT2D eigenvalue weighted by molar-refractivity contribution is 0.161. The molecule has 1 heterocycles. The third kappa shape index (κ3) is 4.40. The number of hydrogen-bond acceptors (Lipinski definition) is 6. The molecule has 1 rings (SSSR count). The fourth-order valence-corrected chi connectivity index (χ4v) is 1.65. The fourth-order valence-electron chi connectivity index (χ4n) is 1.25. The van der Waals surface area contributed by atoms with Crippen molar-refractivity contribution in [3.63, 3.8) is 0 Å². The highest BCUT2D eigenvalue weighted by molar-refractivity contribution is 9.09. The van der Waals surface area contributed by atoms with Gasteiger partial charge in [-0.3, -0.25) is 0 Å². The second-order valence-electron chi connectivity index (χ2n) is 3.13. The van der Waals surface area contributed by atoms with Crippen LogP contribution < -0.4 is 10.1 Å². The van der Waals surface area contributed by atoms with Crippen LogP contribution in [0, 0.1) is 5.41 Å². The van der Waals surface area contributed by atoms with Crippen molar-refractivity contribution < 1.29 is 9.47 Å². The van der Waals surface area contributed by atoms with Crippen molar-refractivity contribution in [1.82, 2.24) is 9.97 Å². The molecule has 0 fully saturated rings. The topological polar surface area (TPSA) is 80.1 Å². The van der Waals surface area contributed by atoms with Crippen LogP contribution in [0.15, 0.2) is 0 Å². The van der Waals surface area contributed by atoms with Crippen molar-refractivity contribution in [2.45, 2.75) is 0 Å². The van der Waals surface area contributed by atoms with E-state index in [2.05, 4.69) is 31.2 Å². The molecule has 0 bridgehead atoms. The van der Waals surface area contributed by atoms with Gasteiger partial charge in [-0.05, 0) is 11.6 Å². The number of anilines is 1. The first-order chi connectivity index (χ1) is 8.72. The predicted octanol–water partition coefficient (Wildman–Crippen LogP) is 1.96. The lowest BCUT2D eigenvalue weighted by Crippen LogP contribution is -2.13. The van der Waals surface area contributed by atoms with Crippen molar-refractivity contribution in [2.75, 3.05) is 37.5 Å². The predicted molar refractivity (Wildman–Crippen MR) is 74.6 cm³/mol. The van der Waals surface area contributed by atoms with Gasteiger partial charge in [0, 0.05) is 18.1 Å². The van der Waals surface area contributed by atoms with Crippen molar-refractivity contribution in [2.24, 2.45) is 0 Å². The highest BCUT2D eigenvalue weighted by atomic mass is 79.9. The summed E-state index contributed by atoms with van der Waals surface area (Å²) in [5.74, 6) is 0.314. The van der Waals surface area contributed by atoms with E-state index in [1.807, 2.05) is 0 Å². The average Bonchev–Trinajstić information content (AvgIpc) is 2.39. The first-order valence-corrected chi connectivity index (χ1v) is 6.72. The Labute approximate surface area is 119 Å². The minimum atomic E-state index is 0.0476. The summed E-state index contributed by atoms with van der Waals surface area (Å²) in [7, 11) is 1.49. The molecular weight excluding hydrogens is 323 g/mol. The Bertz CT molecular complexity index is 406. The normalized spacial score (nSPS) is 10.2. The van der Waals surface area contributed by atoms with E-state index in [1.165, 1.54) is 7.11 Å². The molecule has 0 radical (unpaired) electrons. The van der Waals surface area contributed by atoms with Crippen molar-refractivity contribution in [1.29, 1.82) is 5.41 Å². The number of alkyl halides is 1. The average molecular weight is 338 g/mol. The summed E-state index contributed by atoms with van der Waals surface area (Å²) in [6, 6.07) is 0. The monoisotopic (exact) mass is 336 g/mol. The smallest absolute Gasteiger partial charge is 0.242 e. The van der Waals surface area contributed by atoms with E-state index in [4.69, 9.17) is 26.5 Å². The zero-order valence-corrected chi connectivity index (χ0v) is 12.2. The summed E-state index contributed by atoms with van der Waals surface area (Å²) >= 11 is 8.99. The molecule has 6 nitrogen and oxygen atoms in total. The molecule has 0 aliphatic rings. The molecule has 100 valence electrons. The van der Waals surface area contributed by atoms with Gasteiger partial charge in [0.05, 0.1) is 20.3 Å². The van der Waals surface area contributed by atoms with Gasteiger partial charge in [-0.1, -0.05) is 15.9 Å². The number of halogens is 2. The van der Waals surface area contributed by atoms with Crippen LogP contribution in [-0.4, -0.2) is 48.4 Å². The van der Waals surface area contributed by atoms with Crippen LogP contribution in [0.2, 0.25) is 5.28 Å². The summed E-state index contributed by atoms with van der Waals surface area (Å²) in [6.45, 7) is 1.75. The highest BCUT2D eigenvalue weighted by Gasteiger charge is 2.12. The molecule has 0 saturated carbocycles. The summed E-state index contributed by atoms with van der Waals surface area (Å²) in [6.07, 6.45) is 1.09. The van der Waals surface area contributed by atoms with Crippen LogP contribution in [0.5, 0.6) is 5.88 Å². The Morgan fingerprint density at radius 2 is 2.22 bits per heavy atom. The number of aromatic nitrogens is 2. The van der Waals surface area contributed by atoms with E-state index in [0.717, 1.165) is 11.5 Å². The second-order valence-corrected chi connectivity index (χ2v) is 4.27. The number of rotatable bonds is 8. The molecule has 18 heavy (non-hydrogen) atoms. The maximum absolute atomic E-state index is 7.29. The van der Waals surface area contributed by atoms with Crippen molar-refractivity contribution in [3.05, 3.63) is 11.0 Å². The SMILES string of the molecule is COc1nc(Cl)nc(C=N)c1NCCOCCBr. The summed E-state index contributed by atoms with van der Waals surface area (Å²) in [5, 5.41) is 11.2. The number of nitrogens with zero attached hydrogens (tertiary/aromatic N) is 2. The van der Waals surface area contributed by atoms with E-state index in [9.17, 15) is 0 Å². The van der Waals surface area contributed by atoms with Crippen LogP contribution >= 0.6 is 27.5 Å². The largest absolute Gasteiger partial charge is 0.479 e. The van der Waals surface area contributed by atoms with Gasteiger partial charge in [0.15, 0.2) is 0 Å². The molecule has 0 aromatic carbocycles. The minimum Gasteiger partial charge on any atom is -0.479 e. The Hall–Kier alpha value is -0.920. The van der Waals surface area contributed by atoms with Gasteiger partial charge in [0.25, 0.3) is 0 Å². The first kappa shape index (κ1) is 15.1. The van der Waals surface area contributed by atoms with Gasteiger partial charge in [-0.15, -0.1) is 0 Å². The third-order valence-electron chi connectivity index (χ3n) is 1.98. The number of ether oxygens (including phenoxy) is 2. The molecule has 0 atom stereocenters. The van der Waals surface area contributed by atoms with E-state index < -0.39 is 0 Å². The van der Waals surface area contributed by atoms with Crippen molar-refractivity contribution >= 4 is 39.4 Å². The number of methoxy groups -OCH3 is 1. The highest BCUT2D eigenvalue weighted by Crippen LogP contribution is 2.25. The van der Waals surface area contributed by atoms with E-state index in [0.29, 0.717) is 37.0 Å². The molecule has 0 saturated heterocycles. The van der Waals surface area contributed by atoms with Gasteiger partial charge in [0.1, 0.15) is 11.4 Å². The van der Waals surface area contributed by atoms with E-state index in [1.54, 1.807) is 0 Å². The third-order valence-corrected chi connectivity index (χ3v) is 2.47. The Balaban J connectivity index is 2.70. The molecule has 0 amide bonds. The quantitative estimate of drug-likeness (QED) is 0.328. The van der Waals surface area contributed by atoms with Crippen LogP contribution in [-0.2, 0) is 4.74 Å². The fraction of sp³-hybridized carbons (Fsp3) is 0.500. The summed E-state index contributed by atoms with van der Waals surface area (Å²) in [5.41, 5.74) is 0.923. The Kier molecular flexibility index (Phi) is 6.92. The van der Waals surface area contributed by atoms with Gasteiger partial charge < -0.3 is 20.2 Å². The molecule has 2 N–H and O–H groups in total. The summed E-state index contributed by atoms with van der Waals surface area (Å²) < 4.78 is 10.4. The minimum absolute atomic E-state index is 0.0476. The zero-order valence-electron chi connectivity index (χ0n) is 9.87. The lowest BCUT2D eigenvalue weighted by Gasteiger charge is -2.12. The molecule has 0 spiro atoms. The number of hydrogen-bond donors (Lipinski definition) is 2. The lowest BCUT2D eigenvalue weighted by atomic mass is 10.3. The molecular formula is C10H14BrClN4O2. The second kappa shape index (κ2) is 8.23. The van der Waals surface area contributed by atoms with Crippen LogP contribution in [0.3, 0.4) is 0 Å². The Morgan fingerprint density at radius 1 is 1.44 bits per heavy atom. The van der Waals surface area contributed by atoms with Gasteiger partial charge >= 0.3 is 0 Å². The molecule has 1 aromatic rings. The summed E-state index contributed by atoms with van der Waals surface area (Å²) in [4.78, 5) is 7.87. The molecule has 8 heteroatoms. The van der Waals surface area contributed by atoms with Crippen LogP contribution in [0.4, 0.5) is 5.69 Å². The standard InChI is InChI=1S/C10H14BrClN4O2/c1-17-9-8(14-3-5-18-4-2-11)7(6-13)15-10(12)16-9/h6,13-14H,2-5H2,1H3. The maximum Gasteiger partial charge on any atom is 0.242 e. The zero-order chi connectivity index (χ0) is 13.4. The van der Waals surface area contributed by atoms with Gasteiger partial charge in [-0.25, -0.2) is 4.98 Å². The van der Waals surface area contributed by atoms with Crippen LogP contribution in [0.25, 0.3) is 0 Å². The van der Waals surface area contributed by atoms with Crippen molar-refractivity contribution in [3.8, 4) is 5.88 Å². The maximum atomic E-state index is 7.29. The number of nitrogens with one attached hydrogen (secondary N) is 2. The van der Waals surface area contributed by atoms with E-state index in [-0.39, 0.29) is 5.28 Å². The van der Waals surface area contributed by atoms with E-state index >= 15 is 0 Å². The molecule has 0 aliphatic heterocycles. The molecule has 0 aliphatic carbocycles. The van der Waals surface area contributed by atoms with Crippen LogP contribution in [0.1, 0.15) is 5.69 Å². The van der Waals surface area contributed by atoms with Gasteiger partial charge in [0.2, 0.25) is 11.2 Å². The molecule has 0 unspecified atom stereocenters. The molecule has 1 aromatic heterocycles.